The maximum Gasteiger partial charge on any atom is 0.217 e. The summed E-state index contributed by atoms with van der Waals surface area (Å²) >= 11 is 0. The first-order valence-electron chi connectivity index (χ1n) is 5.23. The topological polar surface area (TPSA) is 62.8 Å². The molecule has 0 aromatic rings. The Hall–Kier alpha value is -0.900. The van der Waals surface area contributed by atoms with Gasteiger partial charge in [0.2, 0.25) is 5.96 Å². The third-order valence-corrected chi connectivity index (χ3v) is 2.57. The Morgan fingerprint density at radius 3 is 2.50 bits per heavy atom. The highest BCUT2D eigenvalue weighted by atomic mass is 15.1. The first kappa shape index (κ1) is 11.2. The quantitative estimate of drug-likeness (QED) is 0.484. The summed E-state index contributed by atoms with van der Waals surface area (Å²) in [4.78, 5) is 8.21. The van der Waals surface area contributed by atoms with Crippen LogP contribution in [0, 0.1) is 0 Å². The largest absolute Gasteiger partial charge is 0.352 e. The first-order chi connectivity index (χ1) is 6.76. The van der Waals surface area contributed by atoms with Crippen molar-refractivity contribution in [3.8, 4) is 0 Å². The van der Waals surface area contributed by atoms with Crippen LogP contribution in [0.4, 0.5) is 0 Å². The average molecular weight is 196 g/mol. The molecule has 1 rings (SSSR count). The van der Waals surface area contributed by atoms with Crippen molar-refractivity contribution in [2.75, 3.05) is 7.05 Å². The Kier molecular flexibility index (Phi) is 4.59. The van der Waals surface area contributed by atoms with E-state index in [4.69, 9.17) is 5.73 Å². The van der Waals surface area contributed by atoms with E-state index in [0.29, 0.717) is 12.1 Å². The average Bonchev–Trinajstić information content (AvgIpc) is 2.20. The lowest BCUT2D eigenvalue weighted by atomic mass is 9.92. The summed E-state index contributed by atoms with van der Waals surface area (Å²) in [7, 11) is 1.75. The van der Waals surface area contributed by atoms with Crippen LogP contribution in [0.1, 0.15) is 32.6 Å². The molecule has 0 bridgehead atoms. The van der Waals surface area contributed by atoms with E-state index in [9.17, 15) is 0 Å². The molecular formula is C10H20N4. The standard InChI is InChI=1S/C10H20N4/c1-3-13-10(12-2)14-9-6-4-8(11)5-7-9/h3,8-9H,4-7,11H2,1-2H3,(H,12,14). The lowest BCUT2D eigenvalue weighted by Crippen LogP contribution is -2.39. The highest BCUT2D eigenvalue weighted by molar-refractivity contribution is 5.87. The van der Waals surface area contributed by atoms with Crippen LogP contribution in [0.2, 0.25) is 0 Å². The van der Waals surface area contributed by atoms with E-state index < -0.39 is 0 Å². The predicted molar refractivity (Wildman–Crippen MR) is 60.9 cm³/mol. The normalized spacial score (nSPS) is 29.5. The van der Waals surface area contributed by atoms with E-state index in [-0.39, 0.29) is 0 Å². The number of hydrogen-bond donors (Lipinski definition) is 2. The highest BCUT2D eigenvalue weighted by Gasteiger charge is 2.18. The minimum atomic E-state index is 0.393. The highest BCUT2D eigenvalue weighted by Crippen LogP contribution is 2.16. The van der Waals surface area contributed by atoms with Gasteiger partial charge in [-0.25, -0.2) is 4.99 Å². The fourth-order valence-corrected chi connectivity index (χ4v) is 1.73. The molecular weight excluding hydrogens is 176 g/mol. The van der Waals surface area contributed by atoms with Gasteiger partial charge < -0.3 is 11.1 Å². The summed E-state index contributed by atoms with van der Waals surface area (Å²) in [5.74, 6) is 0.730. The molecule has 0 atom stereocenters. The fraction of sp³-hybridized carbons (Fsp3) is 0.800. The number of nitrogens with two attached hydrogens (primary N) is 1. The maximum atomic E-state index is 5.83. The third-order valence-electron chi connectivity index (χ3n) is 2.57. The van der Waals surface area contributed by atoms with Gasteiger partial charge in [-0.1, -0.05) is 0 Å². The summed E-state index contributed by atoms with van der Waals surface area (Å²) in [6, 6.07) is 0.891. The Bertz CT molecular complexity index is 214. The van der Waals surface area contributed by atoms with E-state index in [1.165, 1.54) is 0 Å². The SMILES string of the molecule is CC=NC(=NC)NC1CCC(N)CC1. The fourth-order valence-electron chi connectivity index (χ4n) is 1.73. The Morgan fingerprint density at radius 1 is 1.36 bits per heavy atom. The second-order valence-electron chi connectivity index (χ2n) is 3.69. The molecule has 1 aliphatic rings. The van der Waals surface area contributed by atoms with Crippen LogP contribution in [0.5, 0.6) is 0 Å². The van der Waals surface area contributed by atoms with Gasteiger partial charge in [-0.2, -0.15) is 0 Å². The molecule has 3 N–H and O–H groups in total. The van der Waals surface area contributed by atoms with Crippen molar-refractivity contribution >= 4 is 12.2 Å². The summed E-state index contributed by atoms with van der Waals surface area (Å²) in [6.45, 7) is 1.89. The molecule has 0 aliphatic heterocycles. The number of nitrogens with one attached hydrogen (secondary N) is 1. The molecule has 0 amide bonds. The maximum absolute atomic E-state index is 5.83. The van der Waals surface area contributed by atoms with Gasteiger partial charge in [0.1, 0.15) is 0 Å². The van der Waals surface area contributed by atoms with Gasteiger partial charge >= 0.3 is 0 Å². The van der Waals surface area contributed by atoms with Gasteiger partial charge in [-0.15, -0.1) is 0 Å². The molecule has 80 valence electrons. The van der Waals surface area contributed by atoms with E-state index in [0.717, 1.165) is 31.6 Å². The van der Waals surface area contributed by atoms with Crippen molar-refractivity contribution in [3.63, 3.8) is 0 Å². The molecule has 1 fully saturated rings. The molecule has 14 heavy (non-hydrogen) atoms. The molecule has 0 saturated heterocycles. The van der Waals surface area contributed by atoms with Gasteiger partial charge in [-0.05, 0) is 32.6 Å². The number of nitrogens with zero attached hydrogens (tertiary/aromatic N) is 2. The molecule has 0 heterocycles. The van der Waals surface area contributed by atoms with E-state index >= 15 is 0 Å². The molecule has 0 unspecified atom stereocenters. The molecule has 4 nitrogen and oxygen atoms in total. The van der Waals surface area contributed by atoms with Crippen molar-refractivity contribution in [3.05, 3.63) is 0 Å². The summed E-state index contributed by atoms with van der Waals surface area (Å²) in [6.07, 6.45) is 6.21. The molecule has 0 aromatic carbocycles. The van der Waals surface area contributed by atoms with Crippen LogP contribution < -0.4 is 11.1 Å². The van der Waals surface area contributed by atoms with Crippen LogP contribution in [-0.2, 0) is 0 Å². The third kappa shape index (κ3) is 3.46. The number of rotatable bonds is 1. The molecule has 0 aromatic heterocycles. The van der Waals surface area contributed by atoms with Crippen molar-refractivity contribution in [1.29, 1.82) is 0 Å². The Balaban J connectivity index is 2.36. The van der Waals surface area contributed by atoms with E-state index in [1.54, 1.807) is 13.3 Å². The second-order valence-corrected chi connectivity index (χ2v) is 3.69. The van der Waals surface area contributed by atoms with Crippen molar-refractivity contribution < 1.29 is 0 Å². The van der Waals surface area contributed by atoms with Crippen LogP contribution in [0.3, 0.4) is 0 Å². The van der Waals surface area contributed by atoms with Gasteiger partial charge in [-0.3, -0.25) is 4.99 Å². The number of aliphatic imine (C=N–C) groups is 2. The zero-order valence-electron chi connectivity index (χ0n) is 9.03. The number of hydrogen-bond acceptors (Lipinski definition) is 2. The monoisotopic (exact) mass is 196 g/mol. The van der Waals surface area contributed by atoms with Crippen molar-refractivity contribution in [2.24, 2.45) is 15.7 Å². The van der Waals surface area contributed by atoms with Crippen LogP contribution in [0.25, 0.3) is 0 Å². The summed E-state index contributed by atoms with van der Waals surface area (Å²) < 4.78 is 0. The summed E-state index contributed by atoms with van der Waals surface area (Å²) in [5.41, 5.74) is 5.83. The zero-order valence-corrected chi connectivity index (χ0v) is 9.03. The molecule has 1 aliphatic carbocycles. The number of guanidine groups is 1. The van der Waals surface area contributed by atoms with Crippen LogP contribution in [-0.4, -0.2) is 31.3 Å². The summed E-state index contributed by atoms with van der Waals surface area (Å²) in [5, 5.41) is 3.32. The van der Waals surface area contributed by atoms with Crippen LogP contribution >= 0.6 is 0 Å². The van der Waals surface area contributed by atoms with Gasteiger partial charge in [0, 0.05) is 25.3 Å². The minimum Gasteiger partial charge on any atom is -0.352 e. The van der Waals surface area contributed by atoms with E-state index in [2.05, 4.69) is 15.3 Å². The Morgan fingerprint density at radius 2 is 2.00 bits per heavy atom. The van der Waals surface area contributed by atoms with Crippen molar-refractivity contribution in [2.45, 2.75) is 44.7 Å². The van der Waals surface area contributed by atoms with Gasteiger partial charge in [0.15, 0.2) is 0 Å². The van der Waals surface area contributed by atoms with E-state index in [1.807, 2.05) is 6.92 Å². The van der Waals surface area contributed by atoms with Crippen LogP contribution in [0.15, 0.2) is 9.98 Å². The van der Waals surface area contributed by atoms with Gasteiger partial charge in [0.25, 0.3) is 0 Å². The molecule has 0 radical (unpaired) electrons. The lowest BCUT2D eigenvalue weighted by Gasteiger charge is -2.26. The predicted octanol–water partition coefficient (Wildman–Crippen LogP) is 0.922. The Labute approximate surface area is 85.7 Å². The minimum absolute atomic E-state index is 0.393. The van der Waals surface area contributed by atoms with Gasteiger partial charge in [0.05, 0.1) is 0 Å². The molecule has 4 heteroatoms. The van der Waals surface area contributed by atoms with Crippen molar-refractivity contribution in [1.82, 2.24) is 5.32 Å². The zero-order chi connectivity index (χ0) is 10.4. The second kappa shape index (κ2) is 5.75. The molecule has 1 saturated carbocycles. The lowest BCUT2D eigenvalue weighted by molar-refractivity contribution is 0.372. The first-order valence-corrected chi connectivity index (χ1v) is 5.23. The smallest absolute Gasteiger partial charge is 0.217 e. The molecule has 0 spiro atoms.